The van der Waals surface area contributed by atoms with E-state index >= 15 is 0 Å². The predicted molar refractivity (Wildman–Crippen MR) is 87.4 cm³/mol. The molecule has 0 bridgehead atoms. The molecule has 8 heteroatoms. The van der Waals surface area contributed by atoms with Crippen molar-refractivity contribution in [1.82, 2.24) is 15.7 Å². The Morgan fingerprint density at radius 1 is 1.38 bits per heavy atom. The zero-order chi connectivity index (χ0) is 17.7. The van der Waals surface area contributed by atoms with Gasteiger partial charge in [0.1, 0.15) is 6.04 Å². The summed E-state index contributed by atoms with van der Waals surface area (Å²) in [4.78, 5) is 41.6. The molecule has 8 nitrogen and oxygen atoms in total. The van der Waals surface area contributed by atoms with Crippen molar-refractivity contribution in [3.05, 3.63) is 0 Å². The van der Waals surface area contributed by atoms with Crippen molar-refractivity contribution < 1.29 is 19.2 Å². The van der Waals surface area contributed by atoms with Gasteiger partial charge in [-0.05, 0) is 31.6 Å². The van der Waals surface area contributed by atoms with Gasteiger partial charge in [0.05, 0.1) is 13.2 Å². The Balaban J connectivity index is 2.02. The van der Waals surface area contributed by atoms with E-state index in [9.17, 15) is 14.4 Å². The molecule has 0 aromatic heterocycles. The van der Waals surface area contributed by atoms with E-state index in [0.717, 1.165) is 30.7 Å². The monoisotopic (exact) mass is 340 g/mol. The lowest BCUT2D eigenvalue weighted by atomic mass is 9.95. The third kappa shape index (κ3) is 4.45. The van der Waals surface area contributed by atoms with E-state index in [0.29, 0.717) is 13.0 Å². The van der Waals surface area contributed by atoms with Gasteiger partial charge in [0.25, 0.3) is 5.91 Å². The first-order chi connectivity index (χ1) is 11.4. The molecule has 2 rings (SSSR count). The molecule has 1 aliphatic heterocycles. The largest absolute Gasteiger partial charge is 0.356 e. The normalized spacial score (nSPS) is 23.6. The fourth-order valence-electron chi connectivity index (χ4n) is 3.48. The van der Waals surface area contributed by atoms with Crippen molar-refractivity contribution in [3.8, 4) is 0 Å². The average molecular weight is 340 g/mol. The number of nitrogens with one attached hydrogen (secondary N) is 2. The summed E-state index contributed by atoms with van der Waals surface area (Å²) < 4.78 is 0. The standard InChI is InChI=1S/C16H28N4O4/c1-20(24-2)16(23)12(9-11-7-8-18-14(11)21)19-15(22)13(17)10-5-3-4-6-10/h10-13H,3-9,17H2,1-2H3,(H,18,21)(H,19,22). The van der Waals surface area contributed by atoms with Gasteiger partial charge in [0, 0.05) is 19.5 Å². The molecule has 0 spiro atoms. The van der Waals surface area contributed by atoms with E-state index in [1.165, 1.54) is 14.2 Å². The van der Waals surface area contributed by atoms with E-state index in [1.807, 2.05) is 0 Å². The fourth-order valence-corrected chi connectivity index (χ4v) is 3.48. The zero-order valence-corrected chi connectivity index (χ0v) is 14.4. The molecule has 0 aromatic rings. The van der Waals surface area contributed by atoms with Gasteiger partial charge in [-0.3, -0.25) is 19.2 Å². The van der Waals surface area contributed by atoms with Crippen molar-refractivity contribution in [3.63, 3.8) is 0 Å². The zero-order valence-electron chi connectivity index (χ0n) is 14.4. The lowest BCUT2D eigenvalue weighted by Gasteiger charge is -2.26. The molecular formula is C16H28N4O4. The summed E-state index contributed by atoms with van der Waals surface area (Å²) in [6.07, 6.45) is 4.96. The fraction of sp³-hybridized carbons (Fsp3) is 0.812. The lowest BCUT2D eigenvalue weighted by Crippen LogP contribution is -2.54. The number of rotatable bonds is 7. The molecule has 1 saturated carbocycles. The van der Waals surface area contributed by atoms with Crippen LogP contribution in [0.2, 0.25) is 0 Å². The Bertz CT molecular complexity index is 479. The second-order valence-corrected chi connectivity index (χ2v) is 6.66. The molecule has 1 saturated heterocycles. The molecule has 0 radical (unpaired) electrons. The van der Waals surface area contributed by atoms with Gasteiger partial charge in [-0.2, -0.15) is 0 Å². The van der Waals surface area contributed by atoms with E-state index in [1.54, 1.807) is 0 Å². The van der Waals surface area contributed by atoms with Crippen LogP contribution in [0.3, 0.4) is 0 Å². The summed E-state index contributed by atoms with van der Waals surface area (Å²) in [5, 5.41) is 6.55. The Kier molecular flexibility index (Phi) is 6.56. The maximum atomic E-state index is 12.5. The molecule has 2 aliphatic rings. The highest BCUT2D eigenvalue weighted by molar-refractivity contribution is 5.90. The smallest absolute Gasteiger partial charge is 0.268 e. The summed E-state index contributed by atoms with van der Waals surface area (Å²) in [5.41, 5.74) is 6.07. The molecule has 24 heavy (non-hydrogen) atoms. The molecule has 3 atom stereocenters. The summed E-state index contributed by atoms with van der Waals surface area (Å²) in [7, 11) is 2.86. The van der Waals surface area contributed by atoms with Crippen LogP contribution in [0.4, 0.5) is 0 Å². The minimum absolute atomic E-state index is 0.0813. The molecular weight excluding hydrogens is 312 g/mol. The number of nitrogens with zero attached hydrogens (tertiary/aromatic N) is 1. The quantitative estimate of drug-likeness (QED) is 0.543. The van der Waals surface area contributed by atoms with Gasteiger partial charge in [-0.15, -0.1) is 0 Å². The van der Waals surface area contributed by atoms with Crippen molar-refractivity contribution in [2.45, 2.75) is 50.6 Å². The third-order valence-electron chi connectivity index (χ3n) is 5.09. The van der Waals surface area contributed by atoms with Gasteiger partial charge in [0.15, 0.2) is 0 Å². The molecule has 3 amide bonds. The summed E-state index contributed by atoms with van der Waals surface area (Å²) in [6.45, 7) is 0.597. The molecule has 4 N–H and O–H groups in total. The predicted octanol–water partition coefficient (Wildman–Crippen LogP) is -0.465. The first-order valence-corrected chi connectivity index (χ1v) is 8.59. The second kappa shape index (κ2) is 8.43. The molecule has 3 unspecified atom stereocenters. The van der Waals surface area contributed by atoms with Crippen molar-refractivity contribution in [2.75, 3.05) is 20.7 Å². The van der Waals surface area contributed by atoms with Crippen LogP contribution in [0.1, 0.15) is 38.5 Å². The number of nitrogens with two attached hydrogens (primary N) is 1. The number of likely N-dealkylation sites (N-methyl/N-ethyl adjacent to an activating group) is 1. The molecule has 0 aromatic carbocycles. The lowest BCUT2D eigenvalue weighted by molar-refractivity contribution is -0.172. The van der Waals surface area contributed by atoms with Crippen LogP contribution in [-0.2, 0) is 19.2 Å². The first-order valence-electron chi connectivity index (χ1n) is 8.59. The second-order valence-electron chi connectivity index (χ2n) is 6.66. The maximum Gasteiger partial charge on any atom is 0.268 e. The van der Waals surface area contributed by atoms with Crippen LogP contribution in [0.25, 0.3) is 0 Å². The third-order valence-corrected chi connectivity index (χ3v) is 5.09. The SMILES string of the molecule is CON(C)C(=O)C(CC1CCNC1=O)NC(=O)C(N)C1CCCC1. The number of amides is 3. The summed E-state index contributed by atoms with van der Waals surface area (Å²) in [6, 6.07) is -1.43. The van der Waals surface area contributed by atoms with E-state index in [-0.39, 0.29) is 36.0 Å². The average Bonchev–Trinajstić information content (AvgIpc) is 3.24. The van der Waals surface area contributed by atoms with Crippen molar-refractivity contribution in [1.29, 1.82) is 0 Å². The van der Waals surface area contributed by atoms with Crippen LogP contribution >= 0.6 is 0 Å². The number of carbonyl (C=O) groups excluding carboxylic acids is 3. The van der Waals surface area contributed by atoms with Gasteiger partial charge in [-0.1, -0.05) is 12.8 Å². The van der Waals surface area contributed by atoms with Gasteiger partial charge < -0.3 is 16.4 Å². The highest BCUT2D eigenvalue weighted by Crippen LogP contribution is 2.27. The minimum Gasteiger partial charge on any atom is -0.356 e. The highest BCUT2D eigenvalue weighted by atomic mass is 16.7. The molecule has 2 fully saturated rings. The number of hydroxylamine groups is 2. The van der Waals surface area contributed by atoms with Crippen LogP contribution in [0.5, 0.6) is 0 Å². The maximum absolute atomic E-state index is 12.5. The van der Waals surface area contributed by atoms with E-state index in [2.05, 4.69) is 10.6 Å². The van der Waals surface area contributed by atoms with Gasteiger partial charge >= 0.3 is 0 Å². The molecule has 136 valence electrons. The summed E-state index contributed by atoms with van der Waals surface area (Å²) >= 11 is 0. The van der Waals surface area contributed by atoms with Crippen LogP contribution in [0, 0.1) is 11.8 Å². The Morgan fingerprint density at radius 2 is 2.04 bits per heavy atom. The van der Waals surface area contributed by atoms with E-state index < -0.39 is 12.1 Å². The highest BCUT2D eigenvalue weighted by Gasteiger charge is 2.35. The van der Waals surface area contributed by atoms with Crippen LogP contribution < -0.4 is 16.4 Å². The number of hydrogen-bond acceptors (Lipinski definition) is 5. The Morgan fingerprint density at radius 3 is 2.58 bits per heavy atom. The number of carbonyl (C=O) groups is 3. The van der Waals surface area contributed by atoms with Crippen LogP contribution in [0.15, 0.2) is 0 Å². The molecule has 1 aliphatic carbocycles. The van der Waals surface area contributed by atoms with Gasteiger partial charge in [0.2, 0.25) is 11.8 Å². The van der Waals surface area contributed by atoms with E-state index in [4.69, 9.17) is 10.6 Å². The Hall–Kier alpha value is -1.67. The number of hydrogen-bond donors (Lipinski definition) is 3. The van der Waals surface area contributed by atoms with Crippen LogP contribution in [-0.4, -0.2) is 55.6 Å². The van der Waals surface area contributed by atoms with Gasteiger partial charge in [-0.25, -0.2) is 5.06 Å². The van der Waals surface area contributed by atoms with Crippen molar-refractivity contribution in [2.24, 2.45) is 17.6 Å². The minimum atomic E-state index is -0.816. The first kappa shape index (κ1) is 18.7. The van der Waals surface area contributed by atoms with Crippen molar-refractivity contribution >= 4 is 17.7 Å². The topological polar surface area (TPSA) is 114 Å². The summed E-state index contributed by atoms with van der Waals surface area (Å²) in [5.74, 6) is -0.919. The molecule has 1 heterocycles. The Labute approximate surface area is 142 Å².